The van der Waals surface area contributed by atoms with E-state index in [2.05, 4.69) is 20.8 Å². The average Bonchev–Trinajstić information content (AvgIpc) is 3.36. The molecule has 6 nitrogen and oxygen atoms in total. The Morgan fingerprint density at radius 3 is 0.571 bits per heavy atom. The maximum absolute atomic E-state index is 12.8. The highest BCUT2D eigenvalue weighted by molar-refractivity contribution is 5.71. The Morgan fingerprint density at radius 1 is 0.229 bits per heavy atom. The molecule has 0 rings (SSSR count). The van der Waals surface area contributed by atoms with Gasteiger partial charge in [-0.2, -0.15) is 0 Å². The third kappa shape index (κ3) is 57.3. The van der Waals surface area contributed by atoms with Crippen molar-refractivity contribution in [3.05, 3.63) is 0 Å². The summed E-state index contributed by atoms with van der Waals surface area (Å²) in [4.78, 5) is 38.1. The van der Waals surface area contributed by atoms with Crippen LogP contribution in [0.15, 0.2) is 0 Å². The zero-order valence-corrected chi connectivity index (χ0v) is 47.8. The topological polar surface area (TPSA) is 78.9 Å². The molecular formula is C64H124O6. The lowest BCUT2D eigenvalue weighted by Crippen LogP contribution is -2.30. The van der Waals surface area contributed by atoms with Gasteiger partial charge in [-0.1, -0.05) is 335 Å². The molecule has 0 aliphatic rings. The van der Waals surface area contributed by atoms with E-state index < -0.39 is 6.10 Å². The summed E-state index contributed by atoms with van der Waals surface area (Å²) in [6.45, 7) is 6.69. The second-order valence-corrected chi connectivity index (χ2v) is 22.1. The second-order valence-electron chi connectivity index (χ2n) is 22.1. The molecule has 0 radical (unpaired) electrons. The molecule has 70 heavy (non-hydrogen) atoms. The van der Waals surface area contributed by atoms with Crippen molar-refractivity contribution < 1.29 is 28.6 Å². The first kappa shape index (κ1) is 68.4. The van der Waals surface area contributed by atoms with E-state index in [4.69, 9.17) is 14.2 Å². The first-order valence-corrected chi connectivity index (χ1v) is 32.0. The van der Waals surface area contributed by atoms with Gasteiger partial charge in [-0.25, -0.2) is 0 Å². The minimum Gasteiger partial charge on any atom is -0.462 e. The molecule has 0 saturated carbocycles. The highest BCUT2D eigenvalue weighted by Crippen LogP contribution is 2.19. The predicted molar refractivity (Wildman–Crippen MR) is 303 cm³/mol. The number of rotatable bonds is 60. The quantitative estimate of drug-likeness (QED) is 0.0343. The Kier molecular flexibility index (Phi) is 58.6. The lowest BCUT2D eigenvalue weighted by Gasteiger charge is -2.18. The van der Waals surface area contributed by atoms with Crippen LogP contribution >= 0.6 is 0 Å². The lowest BCUT2D eigenvalue weighted by atomic mass is 10.0. The van der Waals surface area contributed by atoms with Gasteiger partial charge < -0.3 is 14.2 Å². The molecule has 0 saturated heterocycles. The number of unbranched alkanes of at least 4 members (excludes halogenated alkanes) is 49. The molecule has 416 valence electrons. The van der Waals surface area contributed by atoms with Crippen molar-refractivity contribution in [2.45, 2.75) is 380 Å². The smallest absolute Gasteiger partial charge is 0.306 e. The van der Waals surface area contributed by atoms with Gasteiger partial charge >= 0.3 is 17.9 Å². The number of carbonyl (C=O) groups excluding carboxylic acids is 3. The van der Waals surface area contributed by atoms with E-state index in [1.807, 2.05) is 0 Å². The fourth-order valence-corrected chi connectivity index (χ4v) is 10.0. The minimum atomic E-state index is -0.760. The van der Waals surface area contributed by atoms with Crippen LogP contribution in [-0.2, 0) is 28.6 Å². The summed E-state index contributed by atoms with van der Waals surface area (Å²) >= 11 is 0. The van der Waals surface area contributed by atoms with Crippen molar-refractivity contribution in [2.24, 2.45) is 0 Å². The van der Waals surface area contributed by atoms with E-state index in [1.54, 1.807) is 0 Å². The van der Waals surface area contributed by atoms with Gasteiger partial charge in [0.25, 0.3) is 0 Å². The van der Waals surface area contributed by atoms with Crippen LogP contribution in [0.25, 0.3) is 0 Å². The molecule has 0 N–H and O–H groups in total. The van der Waals surface area contributed by atoms with Gasteiger partial charge in [-0.15, -0.1) is 0 Å². The molecule has 0 spiro atoms. The van der Waals surface area contributed by atoms with Crippen LogP contribution in [0.4, 0.5) is 0 Å². The first-order chi connectivity index (χ1) is 34.5. The fourth-order valence-electron chi connectivity index (χ4n) is 10.0. The Morgan fingerprint density at radius 2 is 0.386 bits per heavy atom. The van der Waals surface area contributed by atoms with Crippen molar-refractivity contribution in [2.75, 3.05) is 13.2 Å². The van der Waals surface area contributed by atoms with E-state index in [-0.39, 0.29) is 31.1 Å². The van der Waals surface area contributed by atoms with Crippen molar-refractivity contribution in [3.8, 4) is 0 Å². The SMILES string of the molecule is CCCCCCCCCCCCCCCCCCCCCCCCCCCCCCCC(=O)OCC(COC(=O)CCCCCCCCCCC)OC(=O)CCCCCCCCCCCCCCCC. The van der Waals surface area contributed by atoms with Crippen LogP contribution in [0.1, 0.15) is 374 Å². The van der Waals surface area contributed by atoms with E-state index in [0.717, 1.165) is 57.8 Å². The Labute approximate surface area is 438 Å². The van der Waals surface area contributed by atoms with Crippen molar-refractivity contribution in [1.29, 1.82) is 0 Å². The summed E-state index contributed by atoms with van der Waals surface area (Å²) in [5, 5.41) is 0. The molecule has 0 aliphatic heterocycles. The number of esters is 3. The largest absolute Gasteiger partial charge is 0.462 e. The van der Waals surface area contributed by atoms with Gasteiger partial charge in [-0.05, 0) is 19.3 Å². The summed E-state index contributed by atoms with van der Waals surface area (Å²) in [6.07, 6.45) is 68.5. The molecule has 0 heterocycles. The van der Waals surface area contributed by atoms with Gasteiger partial charge in [0.2, 0.25) is 0 Å². The first-order valence-electron chi connectivity index (χ1n) is 32.0. The summed E-state index contributed by atoms with van der Waals surface area (Å²) in [7, 11) is 0. The molecule has 1 unspecified atom stereocenters. The Bertz CT molecular complexity index is 1040. The third-order valence-electron chi connectivity index (χ3n) is 14.9. The van der Waals surface area contributed by atoms with E-state index >= 15 is 0 Å². The zero-order valence-electron chi connectivity index (χ0n) is 47.8. The molecule has 0 fully saturated rings. The molecule has 0 aromatic heterocycles. The number of hydrogen-bond donors (Lipinski definition) is 0. The standard InChI is InChI=1S/C64H124O6/c1-4-7-10-13-16-19-21-23-25-26-27-28-29-30-31-32-33-34-35-36-37-38-39-41-42-45-48-51-54-57-63(66)69-60-61(59-68-62(65)56-53-50-47-44-18-15-12-9-6-3)70-64(67)58-55-52-49-46-43-40-24-22-20-17-14-11-8-5-2/h61H,4-60H2,1-3H3. The van der Waals surface area contributed by atoms with Gasteiger partial charge in [0.1, 0.15) is 13.2 Å². The highest BCUT2D eigenvalue weighted by Gasteiger charge is 2.19. The predicted octanol–water partition coefficient (Wildman–Crippen LogP) is 21.5. The minimum absolute atomic E-state index is 0.0613. The van der Waals surface area contributed by atoms with Crippen LogP contribution in [-0.4, -0.2) is 37.2 Å². The van der Waals surface area contributed by atoms with Gasteiger partial charge in [0, 0.05) is 19.3 Å². The Balaban J connectivity index is 4.01. The van der Waals surface area contributed by atoms with Gasteiger partial charge in [0.05, 0.1) is 0 Å². The average molecular weight is 990 g/mol. The monoisotopic (exact) mass is 989 g/mol. The van der Waals surface area contributed by atoms with Crippen LogP contribution < -0.4 is 0 Å². The van der Waals surface area contributed by atoms with E-state index in [9.17, 15) is 14.4 Å². The molecule has 0 aromatic carbocycles. The summed E-state index contributed by atoms with van der Waals surface area (Å²) in [5.41, 5.74) is 0. The maximum atomic E-state index is 12.8. The lowest BCUT2D eigenvalue weighted by molar-refractivity contribution is -0.167. The number of ether oxygens (including phenoxy) is 3. The number of carbonyl (C=O) groups is 3. The van der Waals surface area contributed by atoms with Crippen LogP contribution in [0.3, 0.4) is 0 Å². The molecule has 0 aromatic rings. The third-order valence-corrected chi connectivity index (χ3v) is 14.9. The van der Waals surface area contributed by atoms with Crippen LogP contribution in [0.5, 0.6) is 0 Å². The highest BCUT2D eigenvalue weighted by atomic mass is 16.6. The fraction of sp³-hybridized carbons (Fsp3) is 0.953. The second kappa shape index (κ2) is 60.0. The maximum Gasteiger partial charge on any atom is 0.306 e. The molecule has 0 amide bonds. The molecule has 0 aliphatic carbocycles. The molecule has 1 atom stereocenters. The van der Waals surface area contributed by atoms with Crippen LogP contribution in [0, 0.1) is 0 Å². The molecular weight excluding hydrogens is 865 g/mol. The van der Waals surface area contributed by atoms with Crippen molar-refractivity contribution in [3.63, 3.8) is 0 Å². The van der Waals surface area contributed by atoms with E-state index in [1.165, 1.54) is 276 Å². The zero-order chi connectivity index (χ0) is 50.7. The van der Waals surface area contributed by atoms with Crippen LogP contribution in [0.2, 0.25) is 0 Å². The summed E-state index contributed by atoms with van der Waals surface area (Å²) in [5.74, 6) is -0.835. The number of hydrogen-bond acceptors (Lipinski definition) is 6. The molecule has 6 heteroatoms. The Hall–Kier alpha value is -1.59. The van der Waals surface area contributed by atoms with Gasteiger partial charge in [0.15, 0.2) is 6.10 Å². The van der Waals surface area contributed by atoms with E-state index in [0.29, 0.717) is 19.3 Å². The normalized spacial score (nSPS) is 11.9. The summed E-state index contributed by atoms with van der Waals surface area (Å²) in [6, 6.07) is 0. The van der Waals surface area contributed by atoms with Crippen molar-refractivity contribution >= 4 is 17.9 Å². The van der Waals surface area contributed by atoms with Gasteiger partial charge in [-0.3, -0.25) is 14.4 Å². The van der Waals surface area contributed by atoms with Crippen molar-refractivity contribution in [1.82, 2.24) is 0 Å². The molecule has 0 bridgehead atoms. The summed E-state index contributed by atoms with van der Waals surface area (Å²) < 4.78 is 16.9.